The lowest BCUT2D eigenvalue weighted by Gasteiger charge is -2.56. The third-order valence-corrected chi connectivity index (χ3v) is 8.99. The van der Waals surface area contributed by atoms with E-state index in [9.17, 15) is 19.7 Å². The van der Waals surface area contributed by atoms with Crippen molar-refractivity contribution in [1.82, 2.24) is 0 Å². The van der Waals surface area contributed by atoms with Crippen molar-refractivity contribution in [2.24, 2.45) is 28.6 Å². The first-order chi connectivity index (χ1) is 14.7. The van der Waals surface area contributed by atoms with E-state index in [1.807, 2.05) is 18.2 Å². The maximum absolute atomic E-state index is 12.8. The van der Waals surface area contributed by atoms with Crippen molar-refractivity contribution in [3.05, 3.63) is 63.2 Å². The van der Waals surface area contributed by atoms with Crippen molar-refractivity contribution in [3.8, 4) is 0 Å². The Kier molecular flexibility index (Phi) is 4.58. The molecule has 0 aliphatic heterocycles. The molecular weight excluding hydrogens is 390 g/mol. The SMILES string of the molecule is C[C@]12CCC(=O)C=C1C=C(Cc1ccc([N+](=O)[O-])cc1)[C@@H]1[C@@H]2CC[C@]2(C)C(=O)CC[C@@H]12. The molecule has 4 aliphatic rings. The summed E-state index contributed by atoms with van der Waals surface area (Å²) in [6.45, 7) is 4.49. The summed E-state index contributed by atoms with van der Waals surface area (Å²) >= 11 is 0. The second kappa shape index (κ2) is 6.98. The molecule has 0 heterocycles. The monoisotopic (exact) mass is 419 g/mol. The number of carbonyl (C=O) groups excluding carboxylic acids is 2. The average molecular weight is 420 g/mol. The van der Waals surface area contributed by atoms with Crippen LogP contribution in [0.3, 0.4) is 0 Å². The largest absolute Gasteiger partial charge is 0.299 e. The highest BCUT2D eigenvalue weighted by molar-refractivity contribution is 5.92. The van der Waals surface area contributed by atoms with Gasteiger partial charge in [0.25, 0.3) is 5.69 Å². The van der Waals surface area contributed by atoms with E-state index in [1.165, 1.54) is 5.57 Å². The van der Waals surface area contributed by atoms with Gasteiger partial charge in [-0.2, -0.15) is 0 Å². The highest BCUT2D eigenvalue weighted by atomic mass is 16.6. The fraction of sp³-hybridized carbons (Fsp3) is 0.538. The summed E-state index contributed by atoms with van der Waals surface area (Å²) in [6, 6.07) is 6.80. The fourth-order valence-electron chi connectivity index (χ4n) is 7.12. The lowest BCUT2D eigenvalue weighted by molar-refractivity contribution is -0.384. The van der Waals surface area contributed by atoms with Gasteiger partial charge < -0.3 is 0 Å². The topological polar surface area (TPSA) is 77.3 Å². The van der Waals surface area contributed by atoms with E-state index in [-0.39, 0.29) is 27.2 Å². The minimum Gasteiger partial charge on any atom is -0.299 e. The summed E-state index contributed by atoms with van der Waals surface area (Å²) in [6.07, 6.45) is 9.88. The third kappa shape index (κ3) is 3.04. The number of fused-ring (bicyclic) bond motifs is 5. The number of hydrogen-bond acceptors (Lipinski definition) is 4. The van der Waals surface area contributed by atoms with Gasteiger partial charge in [0.1, 0.15) is 5.78 Å². The molecule has 0 unspecified atom stereocenters. The first kappa shape index (κ1) is 20.3. The Hall–Kier alpha value is -2.56. The Labute approximate surface area is 182 Å². The number of non-ortho nitro benzene ring substituents is 1. The van der Waals surface area contributed by atoms with E-state index in [0.717, 1.165) is 36.8 Å². The molecule has 2 saturated carbocycles. The van der Waals surface area contributed by atoms with Crippen molar-refractivity contribution >= 4 is 17.3 Å². The highest BCUT2D eigenvalue weighted by Gasteiger charge is 2.59. The number of hydrogen-bond donors (Lipinski definition) is 0. The van der Waals surface area contributed by atoms with E-state index >= 15 is 0 Å². The van der Waals surface area contributed by atoms with Gasteiger partial charge in [-0.15, -0.1) is 0 Å². The molecule has 5 nitrogen and oxygen atoms in total. The van der Waals surface area contributed by atoms with E-state index < -0.39 is 0 Å². The maximum Gasteiger partial charge on any atom is 0.269 e. The summed E-state index contributed by atoms with van der Waals surface area (Å²) < 4.78 is 0. The first-order valence-corrected chi connectivity index (χ1v) is 11.4. The molecule has 2 fully saturated rings. The van der Waals surface area contributed by atoms with Crippen molar-refractivity contribution in [2.75, 3.05) is 0 Å². The minimum absolute atomic E-state index is 0.00941. The van der Waals surface area contributed by atoms with Crippen LogP contribution in [0.5, 0.6) is 0 Å². The number of rotatable bonds is 3. The van der Waals surface area contributed by atoms with Gasteiger partial charge in [0, 0.05) is 30.4 Å². The summed E-state index contributed by atoms with van der Waals surface area (Å²) in [5.74, 6) is 1.73. The normalized spacial score (nSPS) is 36.8. The molecule has 0 radical (unpaired) electrons. The number of Topliss-reactive ketones (excluding diaryl/α,β-unsaturated/α-hetero) is 1. The van der Waals surface area contributed by atoms with Gasteiger partial charge in [-0.05, 0) is 72.5 Å². The first-order valence-electron chi connectivity index (χ1n) is 11.4. The molecule has 5 heteroatoms. The quantitative estimate of drug-likeness (QED) is 0.486. The molecular formula is C26H29NO4. The summed E-state index contributed by atoms with van der Waals surface area (Å²) in [7, 11) is 0. The van der Waals surface area contributed by atoms with Gasteiger partial charge in [-0.3, -0.25) is 19.7 Å². The van der Waals surface area contributed by atoms with Crippen LogP contribution in [0.1, 0.15) is 57.9 Å². The van der Waals surface area contributed by atoms with Gasteiger partial charge in [0.15, 0.2) is 5.78 Å². The molecule has 0 bridgehead atoms. The molecule has 4 aliphatic carbocycles. The van der Waals surface area contributed by atoms with E-state index in [2.05, 4.69) is 19.9 Å². The minimum atomic E-state index is -0.375. The van der Waals surface area contributed by atoms with E-state index in [0.29, 0.717) is 42.8 Å². The van der Waals surface area contributed by atoms with Gasteiger partial charge in [0.2, 0.25) is 0 Å². The van der Waals surface area contributed by atoms with Crippen molar-refractivity contribution in [2.45, 2.75) is 58.8 Å². The summed E-state index contributed by atoms with van der Waals surface area (Å²) in [4.78, 5) is 35.7. The number of carbonyl (C=O) groups is 2. The van der Waals surface area contributed by atoms with Gasteiger partial charge in [-0.1, -0.05) is 37.6 Å². The lowest BCUT2D eigenvalue weighted by atomic mass is 9.47. The molecule has 162 valence electrons. The molecule has 1 aromatic carbocycles. The molecule has 0 N–H and O–H groups in total. The van der Waals surface area contributed by atoms with Crippen LogP contribution in [0.25, 0.3) is 0 Å². The number of benzene rings is 1. The number of ketones is 2. The Morgan fingerprint density at radius 2 is 1.68 bits per heavy atom. The van der Waals surface area contributed by atoms with E-state index in [4.69, 9.17) is 0 Å². The Morgan fingerprint density at radius 3 is 2.39 bits per heavy atom. The van der Waals surface area contributed by atoms with Gasteiger partial charge in [-0.25, -0.2) is 0 Å². The Bertz CT molecular complexity index is 1040. The molecule has 5 rings (SSSR count). The van der Waals surface area contributed by atoms with Crippen LogP contribution in [0.4, 0.5) is 5.69 Å². The van der Waals surface area contributed by atoms with Gasteiger partial charge >= 0.3 is 0 Å². The zero-order valence-corrected chi connectivity index (χ0v) is 18.2. The highest BCUT2D eigenvalue weighted by Crippen LogP contribution is 2.64. The van der Waals surface area contributed by atoms with Gasteiger partial charge in [0.05, 0.1) is 4.92 Å². The Morgan fingerprint density at radius 1 is 0.968 bits per heavy atom. The van der Waals surface area contributed by atoms with Crippen molar-refractivity contribution in [1.29, 1.82) is 0 Å². The summed E-state index contributed by atoms with van der Waals surface area (Å²) in [5.41, 5.74) is 3.33. The molecule has 0 saturated heterocycles. The molecule has 31 heavy (non-hydrogen) atoms. The predicted octanol–water partition coefficient (Wildman–Crippen LogP) is 5.38. The molecule has 5 atom stereocenters. The number of allylic oxidation sites excluding steroid dienone is 4. The fourth-order valence-corrected chi connectivity index (χ4v) is 7.12. The van der Waals surface area contributed by atoms with Crippen LogP contribution in [-0.4, -0.2) is 16.5 Å². The third-order valence-electron chi connectivity index (χ3n) is 8.99. The zero-order chi connectivity index (χ0) is 22.0. The van der Waals surface area contributed by atoms with Crippen LogP contribution in [0.15, 0.2) is 47.6 Å². The molecule has 0 amide bonds. The standard InChI is InChI=1S/C26H29NO4/c1-25-11-9-20(28)15-18(25)14-17(13-16-3-5-19(6-4-16)27(30)31)24-21-7-8-23(29)26(21,2)12-10-22(24)25/h3-6,14-15,21-22,24H,7-13H2,1-2H3/t21-,22-,24-,25-,26-/m0/s1. The second-order valence-electron chi connectivity index (χ2n) is 10.5. The maximum atomic E-state index is 12.8. The lowest BCUT2D eigenvalue weighted by Crippen LogP contribution is -2.50. The molecule has 0 spiro atoms. The van der Waals surface area contributed by atoms with Crippen molar-refractivity contribution < 1.29 is 14.5 Å². The van der Waals surface area contributed by atoms with Crippen LogP contribution < -0.4 is 0 Å². The number of nitro benzene ring substituents is 1. The number of nitrogens with zero attached hydrogens (tertiary/aromatic N) is 1. The summed E-state index contributed by atoms with van der Waals surface area (Å²) in [5, 5.41) is 11.0. The average Bonchev–Trinajstić information content (AvgIpc) is 3.04. The molecule has 0 aromatic heterocycles. The van der Waals surface area contributed by atoms with Crippen LogP contribution >= 0.6 is 0 Å². The van der Waals surface area contributed by atoms with Crippen molar-refractivity contribution in [3.63, 3.8) is 0 Å². The molecule has 1 aromatic rings. The number of nitro groups is 1. The van der Waals surface area contributed by atoms with Crippen LogP contribution in [0, 0.1) is 38.7 Å². The smallest absolute Gasteiger partial charge is 0.269 e. The predicted molar refractivity (Wildman–Crippen MR) is 117 cm³/mol. The van der Waals surface area contributed by atoms with Crippen LogP contribution in [0.2, 0.25) is 0 Å². The second-order valence-corrected chi connectivity index (χ2v) is 10.5. The van der Waals surface area contributed by atoms with Crippen LogP contribution in [-0.2, 0) is 16.0 Å². The van der Waals surface area contributed by atoms with E-state index in [1.54, 1.807) is 12.1 Å². The Balaban J connectivity index is 1.58. The zero-order valence-electron chi connectivity index (χ0n) is 18.2.